The number of hydrogen-bond acceptors (Lipinski definition) is 5. The number of likely N-dealkylation sites (tertiary alicyclic amines) is 1. The molecule has 0 atom stereocenters. The van der Waals surface area contributed by atoms with Gasteiger partial charge >= 0.3 is 0 Å². The van der Waals surface area contributed by atoms with Crippen molar-refractivity contribution in [1.82, 2.24) is 15.2 Å². The highest BCUT2D eigenvalue weighted by Crippen LogP contribution is 2.15. The van der Waals surface area contributed by atoms with Gasteiger partial charge in [-0.15, -0.1) is 11.3 Å². The second-order valence-corrected chi connectivity index (χ2v) is 6.74. The summed E-state index contributed by atoms with van der Waals surface area (Å²) in [4.78, 5) is 18.7. The lowest BCUT2D eigenvalue weighted by atomic mass is 9.99. The van der Waals surface area contributed by atoms with E-state index >= 15 is 0 Å². The van der Waals surface area contributed by atoms with E-state index in [9.17, 15) is 4.79 Å². The first-order valence-electron chi connectivity index (χ1n) is 7.84. The van der Waals surface area contributed by atoms with Crippen LogP contribution < -0.4 is 11.1 Å². The minimum Gasteiger partial charge on any atom is -0.351 e. The molecular formula is C15H26N4OS. The molecule has 0 aliphatic carbocycles. The van der Waals surface area contributed by atoms with Crippen molar-refractivity contribution in [2.45, 2.75) is 32.6 Å². The highest BCUT2D eigenvalue weighted by Gasteiger charge is 2.15. The average molecular weight is 310 g/mol. The van der Waals surface area contributed by atoms with Gasteiger partial charge in [0.2, 0.25) is 0 Å². The van der Waals surface area contributed by atoms with E-state index in [2.05, 4.69) is 22.1 Å². The fraction of sp³-hybridized carbons (Fsp3) is 0.733. The third kappa shape index (κ3) is 5.37. The van der Waals surface area contributed by atoms with Gasteiger partial charge in [0.1, 0.15) is 5.69 Å². The van der Waals surface area contributed by atoms with E-state index < -0.39 is 0 Å². The number of carbonyl (C=O) groups is 1. The first-order valence-corrected chi connectivity index (χ1v) is 8.72. The molecule has 0 saturated carbocycles. The Kier molecular flexibility index (Phi) is 6.60. The van der Waals surface area contributed by atoms with Crippen LogP contribution in [-0.2, 0) is 6.42 Å². The van der Waals surface area contributed by atoms with Crippen molar-refractivity contribution < 1.29 is 4.79 Å². The van der Waals surface area contributed by atoms with Gasteiger partial charge in [-0.25, -0.2) is 4.98 Å². The average Bonchev–Trinajstić information content (AvgIpc) is 2.94. The zero-order chi connectivity index (χ0) is 15.1. The first-order chi connectivity index (χ1) is 10.2. The number of nitrogens with two attached hydrogens (primary N) is 1. The van der Waals surface area contributed by atoms with Gasteiger partial charge in [0.15, 0.2) is 0 Å². The van der Waals surface area contributed by atoms with Gasteiger partial charge in [0.25, 0.3) is 5.91 Å². The standard InChI is InChI=1S/C15H26N4OS/c1-12-4-9-19(10-5-12)8-2-7-17-15(20)13-11-21-14(18-13)3-6-16/h11-12H,2-10,16H2,1H3,(H,17,20). The molecular weight excluding hydrogens is 284 g/mol. The Morgan fingerprint density at radius 3 is 3.00 bits per heavy atom. The summed E-state index contributed by atoms with van der Waals surface area (Å²) in [6.45, 7) is 7.08. The molecule has 0 spiro atoms. The van der Waals surface area contributed by atoms with Crippen molar-refractivity contribution in [1.29, 1.82) is 0 Å². The van der Waals surface area contributed by atoms with Crippen LogP contribution in [0.3, 0.4) is 0 Å². The molecule has 5 nitrogen and oxygen atoms in total. The number of aromatic nitrogens is 1. The summed E-state index contributed by atoms with van der Waals surface area (Å²) in [5.74, 6) is 0.801. The molecule has 1 aliphatic heterocycles. The number of rotatable bonds is 7. The van der Waals surface area contributed by atoms with Crippen molar-refractivity contribution >= 4 is 17.2 Å². The molecule has 0 radical (unpaired) electrons. The highest BCUT2D eigenvalue weighted by molar-refractivity contribution is 7.09. The largest absolute Gasteiger partial charge is 0.351 e. The molecule has 1 saturated heterocycles. The highest BCUT2D eigenvalue weighted by atomic mass is 32.1. The summed E-state index contributed by atoms with van der Waals surface area (Å²) in [5.41, 5.74) is 6.01. The Morgan fingerprint density at radius 2 is 2.29 bits per heavy atom. The number of nitrogens with zero attached hydrogens (tertiary/aromatic N) is 2. The maximum atomic E-state index is 11.9. The molecule has 1 amide bonds. The number of piperidine rings is 1. The van der Waals surface area contributed by atoms with Crippen LogP contribution in [-0.4, -0.2) is 48.5 Å². The van der Waals surface area contributed by atoms with Crippen molar-refractivity contribution in [3.05, 3.63) is 16.1 Å². The summed E-state index contributed by atoms with van der Waals surface area (Å²) in [6, 6.07) is 0. The van der Waals surface area contributed by atoms with E-state index in [1.54, 1.807) is 0 Å². The van der Waals surface area contributed by atoms with E-state index in [4.69, 9.17) is 5.73 Å². The van der Waals surface area contributed by atoms with Crippen molar-refractivity contribution in [2.24, 2.45) is 11.7 Å². The molecule has 118 valence electrons. The summed E-state index contributed by atoms with van der Waals surface area (Å²) < 4.78 is 0. The molecule has 3 N–H and O–H groups in total. The molecule has 1 aromatic rings. The molecule has 2 heterocycles. The van der Waals surface area contributed by atoms with Gasteiger partial charge in [-0.3, -0.25) is 4.79 Å². The van der Waals surface area contributed by atoms with Crippen molar-refractivity contribution in [2.75, 3.05) is 32.7 Å². The van der Waals surface area contributed by atoms with Crippen LogP contribution in [0.25, 0.3) is 0 Å². The predicted octanol–water partition coefficient (Wildman–Crippen LogP) is 1.50. The van der Waals surface area contributed by atoms with Crippen LogP contribution in [0.5, 0.6) is 0 Å². The molecule has 21 heavy (non-hydrogen) atoms. The smallest absolute Gasteiger partial charge is 0.270 e. The maximum absolute atomic E-state index is 11.9. The maximum Gasteiger partial charge on any atom is 0.270 e. The molecule has 1 aliphatic rings. The SMILES string of the molecule is CC1CCN(CCCNC(=O)c2csc(CCN)n2)CC1. The minimum atomic E-state index is -0.0678. The van der Waals surface area contributed by atoms with Crippen molar-refractivity contribution in [3.8, 4) is 0 Å². The third-order valence-electron chi connectivity index (χ3n) is 3.96. The van der Waals surface area contributed by atoms with Crippen LogP contribution in [0.4, 0.5) is 0 Å². The second kappa shape index (κ2) is 8.46. The monoisotopic (exact) mass is 310 g/mol. The van der Waals surface area contributed by atoms with Crippen LogP contribution in [0, 0.1) is 5.92 Å². The summed E-state index contributed by atoms with van der Waals surface area (Å²) >= 11 is 1.50. The summed E-state index contributed by atoms with van der Waals surface area (Å²) in [7, 11) is 0. The lowest BCUT2D eigenvalue weighted by Crippen LogP contribution is -2.35. The Balaban J connectivity index is 1.62. The van der Waals surface area contributed by atoms with Crippen LogP contribution in [0.2, 0.25) is 0 Å². The van der Waals surface area contributed by atoms with E-state index in [0.29, 0.717) is 18.8 Å². The van der Waals surface area contributed by atoms with E-state index in [1.807, 2.05) is 5.38 Å². The molecule has 1 fully saturated rings. The molecule has 1 aromatic heterocycles. The number of hydrogen-bond donors (Lipinski definition) is 2. The zero-order valence-electron chi connectivity index (χ0n) is 12.8. The Hall–Kier alpha value is -0.980. The number of carbonyl (C=O) groups excluding carboxylic acids is 1. The summed E-state index contributed by atoms with van der Waals surface area (Å²) in [5, 5.41) is 5.70. The number of thiazole rings is 1. The fourth-order valence-electron chi connectivity index (χ4n) is 2.53. The zero-order valence-corrected chi connectivity index (χ0v) is 13.6. The number of amides is 1. The van der Waals surface area contributed by atoms with Gasteiger partial charge in [0.05, 0.1) is 5.01 Å². The van der Waals surface area contributed by atoms with Gasteiger partial charge < -0.3 is 16.0 Å². The van der Waals surface area contributed by atoms with E-state index in [0.717, 1.165) is 30.3 Å². The van der Waals surface area contributed by atoms with Gasteiger partial charge in [-0.2, -0.15) is 0 Å². The first kappa shape index (κ1) is 16.4. The molecule has 2 rings (SSSR count). The quantitative estimate of drug-likeness (QED) is 0.749. The fourth-order valence-corrected chi connectivity index (χ4v) is 3.33. The molecule has 0 aromatic carbocycles. The van der Waals surface area contributed by atoms with Crippen molar-refractivity contribution in [3.63, 3.8) is 0 Å². The lowest BCUT2D eigenvalue weighted by molar-refractivity contribution is 0.0946. The predicted molar refractivity (Wildman–Crippen MR) is 86.7 cm³/mol. The van der Waals surface area contributed by atoms with E-state index in [1.165, 1.54) is 37.3 Å². The van der Waals surface area contributed by atoms with Crippen LogP contribution >= 0.6 is 11.3 Å². The Bertz CT molecular complexity index is 441. The van der Waals surface area contributed by atoms with Gasteiger partial charge in [-0.1, -0.05) is 6.92 Å². The van der Waals surface area contributed by atoms with Gasteiger partial charge in [0, 0.05) is 18.3 Å². The third-order valence-corrected chi connectivity index (χ3v) is 4.86. The van der Waals surface area contributed by atoms with E-state index in [-0.39, 0.29) is 5.91 Å². The normalized spacial score (nSPS) is 17.0. The van der Waals surface area contributed by atoms with Crippen LogP contribution in [0.1, 0.15) is 41.7 Å². The Morgan fingerprint density at radius 1 is 1.52 bits per heavy atom. The van der Waals surface area contributed by atoms with Crippen LogP contribution in [0.15, 0.2) is 5.38 Å². The minimum absolute atomic E-state index is 0.0678. The molecule has 0 bridgehead atoms. The molecule has 6 heteroatoms. The lowest BCUT2D eigenvalue weighted by Gasteiger charge is -2.30. The second-order valence-electron chi connectivity index (χ2n) is 5.80. The molecule has 0 unspecified atom stereocenters. The Labute approximate surface area is 130 Å². The van der Waals surface area contributed by atoms with Gasteiger partial charge in [-0.05, 0) is 51.4 Å². The summed E-state index contributed by atoms with van der Waals surface area (Å²) in [6.07, 6.45) is 4.34. The number of nitrogens with one attached hydrogen (secondary N) is 1. The topological polar surface area (TPSA) is 71.2 Å².